The van der Waals surface area contributed by atoms with Crippen molar-refractivity contribution in [3.05, 3.63) is 35.0 Å². The lowest BCUT2D eigenvalue weighted by molar-refractivity contribution is -0.127. The molecular weight excluding hydrogens is 408 g/mol. The van der Waals surface area contributed by atoms with Gasteiger partial charge in [0.2, 0.25) is 11.9 Å². The molecule has 3 heterocycles. The first-order valence-corrected chi connectivity index (χ1v) is 11.3. The molecule has 2 fully saturated rings. The minimum atomic E-state index is -0.870. The summed E-state index contributed by atoms with van der Waals surface area (Å²) in [7, 11) is 3.66. The Bertz CT molecular complexity index is 997. The van der Waals surface area contributed by atoms with Gasteiger partial charge in [-0.3, -0.25) is 9.59 Å². The minimum Gasteiger partial charge on any atom is -0.369 e. The zero-order valence-electron chi connectivity index (χ0n) is 19.1. The van der Waals surface area contributed by atoms with E-state index in [0.29, 0.717) is 48.4 Å². The van der Waals surface area contributed by atoms with E-state index in [0.717, 1.165) is 18.5 Å². The predicted octanol–water partition coefficient (Wildman–Crippen LogP) is 2.45. The van der Waals surface area contributed by atoms with Crippen LogP contribution in [0.5, 0.6) is 0 Å². The number of aryl methyl sites for hydroxylation is 1. The van der Waals surface area contributed by atoms with E-state index in [1.807, 2.05) is 27.1 Å². The average Bonchev–Trinajstić information content (AvgIpc) is 3.42. The van der Waals surface area contributed by atoms with Crippen molar-refractivity contribution in [3.63, 3.8) is 0 Å². The highest BCUT2D eigenvalue weighted by molar-refractivity contribution is 5.94. The molecular formula is C23H32N6O3. The third-order valence-electron chi connectivity index (χ3n) is 6.74. The molecule has 0 radical (unpaired) electrons. The van der Waals surface area contributed by atoms with Gasteiger partial charge in [0.05, 0.1) is 11.1 Å². The SMILES string of the molecule is Cc1cc(C(=O)N2CC[C@@](Cc3cc(C4CCCCC4)no3)(C(N)=O)C2)nc(N(C)C)n1. The van der Waals surface area contributed by atoms with Crippen LogP contribution in [0.4, 0.5) is 5.95 Å². The summed E-state index contributed by atoms with van der Waals surface area (Å²) in [5.41, 5.74) is 6.98. The molecule has 1 aliphatic carbocycles. The molecule has 2 N–H and O–H groups in total. The number of aromatic nitrogens is 3. The van der Waals surface area contributed by atoms with Crippen LogP contribution in [0.2, 0.25) is 0 Å². The van der Waals surface area contributed by atoms with Crippen LogP contribution in [0, 0.1) is 12.3 Å². The van der Waals surface area contributed by atoms with Crippen molar-refractivity contribution in [1.82, 2.24) is 20.0 Å². The molecule has 9 nitrogen and oxygen atoms in total. The van der Waals surface area contributed by atoms with Crippen LogP contribution >= 0.6 is 0 Å². The minimum absolute atomic E-state index is 0.220. The highest BCUT2D eigenvalue weighted by Crippen LogP contribution is 2.37. The Labute approximate surface area is 188 Å². The Morgan fingerprint density at radius 2 is 1.97 bits per heavy atom. The summed E-state index contributed by atoms with van der Waals surface area (Å²) in [5.74, 6) is 0.926. The lowest BCUT2D eigenvalue weighted by atomic mass is 9.81. The van der Waals surface area contributed by atoms with E-state index in [2.05, 4.69) is 15.1 Å². The van der Waals surface area contributed by atoms with E-state index in [4.69, 9.17) is 10.3 Å². The van der Waals surface area contributed by atoms with E-state index in [1.165, 1.54) is 19.3 Å². The molecule has 2 amide bonds. The van der Waals surface area contributed by atoms with Crippen LogP contribution in [0.15, 0.2) is 16.7 Å². The van der Waals surface area contributed by atoms with Crippen LogP contribution < -0.4 is 10.6 Å². The van der Waals surface area contributed by atoms with E-state index in [1.54, 1.807) is 15.9 Å². The number of likely N-dealkylation sites (tertiary alicyclic amines) is 1. The number of carbonyl (C=O) groups excluding carboxylic acids is 2. The molecule has 1 aliphatic heterocycles. The second-order valence-electron chi connectivity index (χ2n) is 9.44. The van der Waals surface area contributed by atoms with Gasteiger partial charge in [0, 0.05) is 51.3 Å². The lowest BCUT2D eigenvalue weighted by Crippen LogP contribution is -2.42. The summed E-state index contributed by atoms with van der Waals surface area (Å²) >= 11 is 0. The predicted molar refractivity (Wildman–Crippen MR) is 119 cm³/mol. The summed E-state index contributed by atoms with van der Waals surface area (Å²) in [6, 6.07) is 3.65. The number of hydrogen-bond acceptors (Lipinski definition) is 7. The van der Waals surface area contributed by atoms with Crippen molar-refractivity contribution < 1.29 is 14.1 Å². The summed E-state index contributed by atoms with van der Waals surface area (Å²) in [6.07, 6.45) is 6.79. The van der Waals surface area contributed by atoms with Crippen molar-refractivity contribution in [1.29, 1.82) is 0 Å². The first-order valence-electron chi connectivity index (χ1n) is 11.3. The molecule has 1 saturated carbocycles. The number of nitrogens with zero attached hydrogens (tertiary/aromatic N) is 5. The number of hydrogen-bond donors (Lipinski definition) is 1. The van der Waals surface area contributed by atoms with E-state index < -0.39 is 11.3 Å². The second-order valence-corrected chi connectivity index (χ2v) is 9.44. The maximum Gasteiger partial charge on any atom is 0.272 e. The topological polar surface area (TPSA) is 118 Å². The van der Waals surface area contributed by atoms with Gasteiger partial charge in [0.25, 0.3) is 5.91 Å². The molecule has 4 rings (SSSR count). The lowest BCUT2D eigenvalue weighted by Gasteiger charge is -2.25. The van der Waals surface area contributed by atoms with E-state index in [9.17, 15) is 9.59 Å². The number of anilines is 1. The standard InChI is InChI=1S/C23H32N6O3/c1-15-11-19(26-22(25-15)28(2)3)20(30)29-10-9-23(14-29,21(24)31)13-17-12-18(27-32-17)16-7-5-4-6-8-16/h11-12,16H,4-10,13-14H2,1-3H3,(H2,24,31)/t23-/m0/s1. The van der Waals surface area contributed by atoms with Crippen molar-refractivity contribution in [3.8, 4) is 0 Å². The fourth-order valence-corrected chi connectivity index (χ4v) is 4.84. The van der Waals surface area contributed by atoms with Crippen LogP contribution in [0.25, 0.3) is 0 Å². The fraction of sp³-hybridized carbons (Fsp3) is 0.609. The zero-order chi connectivity index (χ0) is 22.9. The normalized spacial score (nSPS) is 21.7. The molecule has 2 aliphatic rings. The number of carbonyl (C=O) groups is 2. The molecule has 0 bridgehead atoms. The average molecular weight is 441 g/mol. The molecule has 9 heteroatoms. The van der Waals surface area contributed by atoms with Gasteiger partial charge in [0.1, 0.15) is 11.5 Å². The van der Waals surface area contributed by atoms with E-state index in [-0.39, 0.29) is 12.5 Å². The monoisotopic (exact) mass is 440 g/mol. The summed E-state index contributed by atoms with van der Waals surface area (Å²) < 4.78 is 5.61. The Balaban J connectivity index is 1.50. The molecule has 1 atom stereocenters. The molecule has 172 valence electrons. The van der Waals surface area contributed by atoms with Crippen LogP contribution in [0.3, 0.4) is 0 Å². The molecule has 2 aromatic rings. The first kappa shape index (κ1) is 22.2. The summed E-state index contributed by atoms with van der Waals surface area (Å²) in [6.45, 7) is 2.50. The Morgan fingerprint density at radius 1 is 1.22 bits per heavy atom. The van der Waals surface area contributed by atoms with Gasteiger partial charge in [-0.05, 0) is 32.3 Å². The Morgan fingerprint density at radius 3 is 2.66 bits per heavy atom. The molecule has 32 heavy (non-hydrogen) atoms. The fourth-order valence-electron chi connectivity index (χ4n) is 4.84. The van der Waals surface area contributed by atoms with Gasteiger partial charge in [0.15, 0.2) is 0 Å². The highest BCUT2D eigenvalue weighted by Gasteiger charge is 2.46. The Kier molecular flexibility index (Phi) is 6.17. The second kappa shape index (κ2) is 8.88. The highest BCUT2D eigenvalue weighted by atomic mass is 16.5. The van der Waals surface area contributed by atoms with Gasteiger partial charge in [-0.15, -0.1) is 0 Å². The zero-order valence-corrected chi connectivity index (χ0v) is 19.1. The van der Waals surface area contributed by atoms with Gasteiger partial charge in [-0.1, -0.05) is 24.4 Å². The van der Waals surface area contributed by atoms with E-state index >= 15 is 0 Å². The van der Waals surface area contributed by atoms with Gasteiger partial charge >= 0.3 is 0 Å². The van der Waals surface area contributed by atoms with Crippen LogP contribution in [-0.2, 0) is 11.2 Å². The van der Waals surface area contributed by atoms with Crippen LogP contribution in [-0.4, -0.2) is 59.0 Å². The third-order valence-corrected chi connectivity index (χ3v) is 6.74. The molecule has 0 aromatic carbocycles. The molecule has 2 aromatic heterocycles. The molecule has 0 unspecified atom stereocenters. The molecule has 0 spiro atoms. The first-order chi connectivity index (χ1) is 15.3. The van der Waals surface area contributed by atoms with Gasteiger partial charge in [-0.25, -0.2) is 9.97 Å². The maximum atomic E-state index is 13.2. The number of rotatable bonds is 6. The van der Waals surface area contributed by atoms with Crippen LogP contribution in [0.1, 0.15) is 72.1 Å². The van der Waals surface area contributed by atoms with Crippen molar-refractivity contribution in [2.45, 2.75) is 57.8 Å². The summed E-state index contributed by atoms with van der Waals surface area (Å²) in [5, 5.41) is 4.28. The number of amides is 2. The number of nitrogens with two attached hydrogens (primary N) is 1. The molecule has 1 saturated heterocycles. The van der Waals surface area contributed by atoms with Crippen molar-refractivity contribution >= 4 is 17.8 Å². The third kappa shape index (κ3) is 4.47. The maximum absolute atomic E-state index is 13.2. The van der Waals surface area contributed by atoms with Crippen molar-refractivity contribution in [2.24, 2.45) is 11.1 Å². The largest absolute Gasteiger partial charge is 0.369 e. The van der Waals surface area contributed by atoms with Gasteiger partial charge < -0.3 is 20.1 Å². The Hall–Kier alpha value is -2.97. The summed E-state index contributed by atoms with van der Waals surface area (Å²) in [4.78, 5) is 37.9. The smallest absolute Gasteiger partial charge is 0.272 e. The van der Waals surface area contributed by atoms with Crippen molar-refractivity contribution in [2.75, 3.05) is 32.1 Å². The number of primary amides is 1. The van der Waals surface area contributed by atoms with Gasteiger partial charge in [-0.2, -0.15) is 0 Å². The quantitative estimate of drug-likeness (QED) is 0.733.